The van der Waals surface area contributed by atoms with Crippen LogP contribution < -0.4 is 5.32 Å². The maximum atomic E-state index is 11.8. The summed E-state index contributed by atoms with van der Waals surface area (Å²) in [6, 6.07) is 11.9. The first-order valence-electron chi connectivity index (χ1n) is 7.51. The van der Waals surface area contributed by atoms with E-state index in [2.05, 4.69) is 39.3 Å². The van der Waals surface area contributed by atoms with Crippen molar-refractivity contribution in [1.82, 2.24) is 15.0 Å². The molecule has 0 aliphatic heterocycles. The van der Waals surface area contributed by atoms with Gasteiger partial charge in [0.05, 0.1) is 12.0 Å². The van der Waals surface area contributed by atoms with E-state index in [4.69, 9.17) is 4.74 Å². The molecule has 3 aromatic rings. The minimum absolute atomic E-state index is 0.0789. The highest BCUT2D eigenvalue weighted by Gasteiger charge is 2.15. The molecule has 1 atom stereocenters. The number of ether oxygens (including phenoxy) is 1. The minimum atomic E-state index is -0.396. The monoisotopic (exact) mass is 310 g/mol. The summed E-state index contributed by atoms with van der Waals surface area (Å²) in [6.45, 7) is 4.16. The third kappa shape index (κ3) is 3.15. The summed E-state index contributed by atoms with van der Waals surface area (Å²) in [5.74, 6) is 0.283. The molecule has 0 bridgehead atoms. The molecule has 0 fully saturated rings. The number of carbonyl (C=O) groups excluding carboxylic acids is 1. The van der Waals surface area contributed by atoms with E-state index < -0.39 is 5.97 Å². The minimum Gasteiger partial charge on any atom is -0.461 e. The van der Waals surface area contributed by atoms with Crippen LogP contribution in [0.25, 0.3) is 11.0 Å². The number of fused-ring (bicyclic) bond motifs is 1. The van der Waals surface area contributed by atoms with Crippen molar-refractivity contribution in [3.63, 3.8) is 0 Å². The van der Waals surface area contributed by atoms with Gasteiger partial charge in [-0.05, 0) is 25.5 Å². The largest absolute Gasteiger partial charge is 0.461 e. The molecule has 2 heterocycles. The lowest BCUT2D eigenvalue weighted by molar-refractivity contribution is 0.0520. The molecular weight excluding hydrogens is 292 g/mol. The zero-order valence-corrected chi connectivity index (χ0v) is 13.0. The van der Waals surface area contributed by atoms with Gasteiger partial charge in [0, 0.05) is 6.04 Å². The van der Waals surface area contributed by atoms with E-state index in [0.717, 1.165) is 10.9 Å². The number of aromatic nitrogens is 3. The Balaban J connectivity index is 1.90. The van der Waals surface area contributed by atoms with Crippen molar-refractivity contribution >= 4 is 22.8 Å². The van der Waals surface area contributed by atoms with Gasteiger partial charge < -0.3 is 15.0 Å². The van der Waals surface area contributed by atoms with Crippen molar-refractivity contribution in [1.29, 1.82) is 0 Å². The SMILES string of the molecule is CCOC(=O)c1cc2c(N[C@H](C)c3ccccc3)ncnc2[nH]1. The smallest absolute Gasteiger partial charge is 0.354 e. The van der Waals surface area contributed by atoms with Crippen LogP contribution in [0, 0.1) is 0 Å². The van der Waals surface area contributed by atoms with Crippen LogP contribution in [0.4, 0.5) is 5.82 Å². The van der Waals surface area contributed by atoms with Gasteiger partial charge in [0.15, 0.2) is 0 Å². The number of nitrogens with zero attached hydrogens (tertiary/aromatic N) is 2. The lowest BCUT2D eigenvalue weighted by atomic mass is 10.1. The van der Waals surface area contributed by atoms with Gasteiger partial charge in [0.1, 0.15) is 23.5 Å². The number of hydrogen-bond acceptors (Lipinski definition) is 5. The summed E-state index contributed by atoms with van der Waals surface area (Å²) in [6.07, 6.45) is 1.47. The van der Waals surface area contributed by atoms with Crippen LogP contribution in [0.15, 0.2) is 42.7 Å². The average molecular weight is 310 g/mol. The van der Waals surface area contributed by atoms with Crippen molar-refractivity contribution in [2.45, 2.75) is 19.9 Å². The Bertz CT molecular complexity index is 814. The van der Waals surface area contributed by atoms with Crippen LogP contribution in [-0.4, -0.2) is 27.5 Å². The third-order valence-electron chi connectivity index (χ3n) is 3.57. The molecule has 23 heavy (non-hydrogen) atoms. The molecule has 0 unspecified atom stereocenters. The molecular formula is C17H18N4O2. The van der Waals surface area contributed by atoms with Gasteiger partial charge in [0.25, 0.3) is 0 Å². The summed E-state index contributed by atoms with van der Waals surface area (Å²) in [5, 5.41) is 4.12. The standard InChI is InChI=1S/C17H18N4O2/c1-3-23-17(22)14-9-13-15(18-10-19-16(13)21-14)20-11(2)12-7-5-4-6-8-12/h4-11H,3H2,1-2H3,(H2,18,19,20,21)/t11-/m1/s1. The average Bonchev–Trinajstić information content (AvgIpc) is 3.01. The van der Waals surface area contributed by atoms with Gasteiger partial charge in [0.2, 0.25) is 0 Å². The summed E-state index contributed by atoms with van der Waals surface area (Å²) >= 11 is 0. The van der Waals surface area contributed by atoms with Gasteiger partial charge in [-0.25, -0.2) is 14.8 Å². The Morgan fingerprint density at radius 1 is 1.30 bits per heavy atom. The second-order valence-electron chi connectivity index (χ2n) is 5.16. The van der Waals surface area contributed by atoms with Gasteiger partial charge in [-0.3, -0.25) is 0 Å². The lowest BCUT2D eigenvalue weighted by Crippen LogP contribution is -2.08. The summed E-state index contributed by atoms with van der Waals surface area (Å²) < 4.78 is 5.01. The molecule has 6 heteroatoms. The van der Waals surface area contributed by atoms with E-state index in [0.29, 0.717) is 23.8 Å². The number of aromatic amines is 1. The second kappa shape index (κ2) is 6.48. The number of hydrogen-bond donors (Lipinski definition) is 2. The highest BCUT2D eigenvalue weighted by Crippen LogP contribution is 2.24. The Labute approximate surface area is 133 Å². The number of esters is 1. The summed E-state index contributed by atoms with van der Waals surface area (Å²) in [4.78, 5) is 23.3. The molecule has 0 amide bonds. The Kier molecular flexibility index (Phi) is 4.23. The quantitative estimate of drug-likeness (QED) is 0.707. The number of nitrogens with one attached hydrogen (secondary N) is 2. The number of carbonyl (C=O) groups is 1. The highest BCUT2D eigenvalue weighted by atomic mass is 16.5. The normalized spacial score (nSPS) is 12.1. The van der Waals surface area contributed by atoms with Crippen LogP contribution in [0.3, 0.4) is 0 Å². The zero-order valence-electron chi connectivity index (χ0n) is 13.0. The fourth-order valence-corrected chi connectivity index (χ4v) is 2.40. The number of rotatable bonds is 5. The van der Waals surface area contributed by atoms with Crippen molar-refractivity contribution in [2.75, 3.05) is 11.9 Å². The predicted molar refractivity (Wildman–Crippen MR) is 88.3 cm³/mol. The second-order valence-corrected chi connectivity index (χ2v) is 5.16. The fraction of sp³-hybridized carbons (Fsp3) is 0.235. The van der Waals surface area contributed by atoms with Gasteiger partial charge >= 0.3 is 5.97 Å². The number of anilines is 1. The van der Waals surface area contributed by atoms with Crippen LogP contribution in [0.5, 0.6) is 0 Å². The van der Waals surface area contributed by atoms with Gasteiger partial charge in [-0.2, -0.15) is 0 Å². The van der Waals surface area contributed by atoms with Crippen molar-refractivity contribution in [2.24, 2.45) is 0 Å². The highest BCUT2D eigenvalue weighted by molar-refractivity contribution is 5.97. The van der Waals surface area contributed by atoms with Gasteiger partial charge in [-0.15, -0.1) is 0 Å². The summed E-state index contributed by atoms with van der Waals surface area (Å²) in [7, 11) is 0. The molecule has 0 spiro atoms. The fourth-order valence-electron chi connectivity index (χ4n) is 2.40. The number of H-pyrrole nitrogens is 1. The van der Waals surface area contributed by atoms with E-state index in [1.54, 1.807) is 13.0 Å². The van der Waals surface area contributed by atoms with Gasteiger partial charge in [-0.1, -0.05) is 30.3 Å². The van der Waals surface area contributed by atoms with E-state index in [1.807, 2.05) is 18.2 Å². The molecule has 0 saturated heterocycles. The van der Waals surface area contributed by atoms with E-state index in [9.17, 15) is 4.79 Å². The van der Waals surface area contributed by atoms with Crippen LogP contribution in [0.1, 0.15) is 35.9 Å². The third-order valence-corrected chi connectivity index (χ3v) is 3.57. The topological polar surface area (TPSA) is 79.9 Å². The molecule has 2 aromatic heterocycles. The molecule has 2 N–H and O–H groups in total. The molecule has 3 rings (SSSR count). The first-order valence-corrected chi connectivity index (χ1v) is 7.51. The Hall–Kier alpha value is -2.89. The molecule has 118 valence electrons. The molecule has 0 aliphatic carbocycles. The zero-order chi connectivity index (χ0) is 16.2. The molecule has 0 radical (unpaired) electrons. The molecule has 0 saturated carbocycles. The Morgan fingerprint density at radius 3 is 2.83 bits per heavy atom. The first-order chi connectivity index (χ1) is 11.2. The molecule has 1 aromatic carbocycles. The van der Waals surface area contributed by atoms with E-state index in [1.165, 1.54) is 6.33 Å². The van der Waals surface area contributed by atoms with Crippen molar-refractivity contribution in [3.8, 4) is 0 Å². The van der Waals surface area contributed by atoms with Crippen LogP contribution in [0.2, 0.25) is 0 Å². The van der Waals surface area contributed by atoms with Crippen molar-refractivity contribution < 1.29 is 9.53 Å². The maximum absolute atomic E-state index is 11.8. The van der Waals surface area contributed by atoms with Crippen molar-refractivity contribution in [3.05, 3.63) is 54.0 Å². The first kappa shape index (κ1) is 15.0. The summed E-state index contributed by atoms with van der Waals surface area (Å²) in [5.41, 5.74) is 2.13. The lowest BCUT2D eigenvalue weighted by Gasteiger charge is -2.15. The maximum Gasteiger partial charge on any atom is 0.354 e. The number of benzene rings is 1. The van der Waals surface area contributed by atoms with Crippen LogP contribution >= 0.6 is 0 Å². The van der Waals surface area contributed by atoms with E-state index in [-0.39, 0.29) is 6.04 Å². The molecule has 0 aliphatic rings. The van der Waals surface area contributed by atoms with E-state index >= 15 is 0 Å². The molecule has 6 nitrogen and oxygen atoms in total. The Morgan fingerprint density at radius 2 is 2.09 bits per heavy atom. The van der Waals surface area contributed by atoms with Crippen LogP contribution in [-0.2, 0) is 4.74 Å². The predicted octanol–water partition coefficient (Wildman–Crippen LogP) is 3.31.